The van der Waals surface area contributed by atoms with E-state index >= 15 is 0 Å². The molecule has 4 rings (SSSR count). The molecule has 0 bridgehead atoms. The first-order valence-electron chi connectivity index (χ1n) is 9.64. The highest BCUT2D eigenvalue weighted by molar-refractivity contribution is 5.82. The number of amides is 1. The number of hydrazine groups is 1. The molecule has 0 aromatic heterocycles. The number of hydroxylamine groups is 1. The molecule has 4 N–H and O–H groups in total. The first kappa shape index (κ1) is 17.9. The molecule has 0 radical (unpaired) electrons. The highest BCUT2D eigenvalue weighted by atomic mass is 16.7. The molecule has 1 aliphatic carbocycles. The molecule has 7 heteroatoms. The number of nitrogens with zero attached hydrogens (tertiary/aromatic N) is 1. The lowest BCUT2D eigenvalue weighted by molar-refractivity contribution is -0.124. The maximum absolute atomic E-state index is 12.6. The summed E-state index contributed by atoms with van der Waals surface area (Å²) < 4.78 is 0. The SMILES string of the molecule is CCC1NC(c2ccc3c(c2)CC[C@H]3NC(=O)C2CC(C)N(C)N2)NO1. The highest BCUT2D eigenvalue weighted by Crippen LogP contribution is 2.33. The van der Waals surface area contributed by atoms with Gasteiger partial charge in [0, 0.05) is 13.1 Å². The third-order valence-electron chi connectivity index (χ3n) is 5.86. The minimum absolute atomic E-state index is 0.0265. The van der Waals surface area contributed by atoms with Crippen LogP contribution in [0.1, 0.15) is 62.0 Å². The van der Waals surface area contributed by atoms with Gasteiger partial charge >= 0.3 is 0 Å². The van der Waals surface area contributed by atoms with Gasteiger partial charge in [-0.3, -0.25) is 14.9 Å². The third-order valence-corrected chi connectivity index (χ3v) is 5.86. The van der Waals surface area contributed by atoms with Crippen molar-refractivity contribution >= 4 is 5.91 Å². The van der Waals surface area contributed by atoms with Crippen molar-refractivity contribution in [3.8, 4) is 0 Å². The van der Waals surface area contributed by atoms with Gasteiger partial charge < -0.3 is 5.32 Å². The second-order valence-corrected chi connectivity index (χ2v) is 7.67. The summed E-state index contributed by atoms with van der Waals surface area (Å²) in [6.45, 7) is 4.22. The lowest BCUT2D eigenvalue weighted by Crippen LogP contribution is -2.44. The Kier molecular flexibility index (Phi) is 4.98. The predicted octanol–water partition coefficient (Wildman–Crippen LogP) is 1.25. The van der Waals surface area contributed by atoms with Gasteiger partial charge in [0.15, 0.2) is 0 Å². The van der Waals surface area contributed by atoms with Crippen molar-refractivity contribution in [3.63, 3.8) is 0 Å². The van der Waals surface area contributed by atoms with E-state index < -0.39 is 0 Å². The van der Waals surface area contributed by atoms with E-state index in [1.807, 2.05) is 12.1 Å². The summed E-state index contributed by atoms with van der Waals surface area (Å²) in [5.74, 6) is 0.0986. The van der Waals surface area contributed by atoms with Gasteiger partial charge in [-0.1, -0.05) is 25.1 Å². The van der Waals surface area contributed by atoms with Gasteiger partial charge in [0.1, 0.15) is 18.4 Å². The molecular weight excluding hydrogens is 330 g/mol. The molecule has 7 nitrogen and oxygen atoms in total. The van der Waals surface area contributed by atoms with Gasteiger partial charge in [0.25, 0.3) is 0 Å². The quantitative estimate of drug-likeness (QED) is 0.648. The molecule has 0 spiro atoms. The van der Waals surface area contributed by atoms with Crippen molar-refractivity contribution in [2.75, 3.05) is 7.05 Å². The van der Waals surface area contributed by atoms with E-state index in [1.165, 1.54) is 16.7 Å². The summed E-state index contributed by atoms with van der Waals surface area (Å²) in [5, 5.41) is 8.68. The standard InChI is InChI=1S/C19H29N5O2/c1-4-17-21-18(23-26-17)13-5-7-14-12(10-13)6-8-15(14)20-19(25)16-9-11(2)24(3)22-16/h5,7,10-11,15-18,21-23H,4,6,8-9H2,1-3H3,(H,20,25)/t11?,15-,16?,17?,18?/m1/s1. The van der Waals surface area contributed by atoms with Crippen molar-refractivity contribution in [2.24, 2.45) is 0 Å². The van der Waals surface area contributed by atoms with Crippen molar-refractivity contribution in [2.45, 2.75) is 70.0 Å². The Balaban J connectivity index is 1.41. The number of carbonyl (C=O) groups excluding carboxylic acids is 1. The maximum Gasteiger partial charge on any atom is 0.239 e. The van der Waals surface area contributed by atoms with Crippen LogP contribution in [0.3, 0.4) is 0 Å². The molecule has 2 fully saturated rings. The number of nitrogens with one attached hydrogen (secondary N) is 4. The summed E-state index contributed by atoms with van der Waals surface area (Å²) >= 11 is 0. The number of carbonyl (C=O) groups is 1. The zero-order valence-corrected chi connectivity index (χ0v) is 15.7. The van der Waals surface area contributed by atoms with Gasteiger partial charge in [-0.15, -0.1) is 0 Å². The van der Waals surface area contributed by atoms with Crippen molar-refractivity contribution in [1.29, 1.82) is 0 Å². The van der Waals surface area contributed by atoms with E-state index in [-0.39, 0.29) is 30.4 Å². The smallest absolute Gasteiger partial charge is 0.239 e. The Morgan fingerprint density at radius 3 is 2.96 bits per heavy atom. The Bertz CT molecular complexity index is 672. The molecule has 2 aliphatic heterocycles. The molecular formula is C19H29N5O2. The first-order valence-corrected chi connectivity index (χ1v) is 9.64. The minimum Gasteiger partial charge on any atom is -0.348 e. The van der Waals surface area contributed by atoms with Crippen LogP contribution in [-0.4, -0.2) is 36.3 Å². The van der Waals surface area contributed by atoms with Crippen LogP contribution < -0.4 is 21.5 Å². The van der Waals surface area contributed by atoms with Crippen molar-refractivity contribution < 1.29 is 9.63 Å². The summed E-state index contributed by atoms with van der Waals surface area (Å²) in [7, 11) is 1.99. The summed E-state index contributed by atoms with van der Waals surface area (Å²) in [6.07, 6.45) is 3.80. The van der Waals surface area contributed by atoms with Crippen LogP contribution in [-0.2, 0) is 16.1 Å². The maximum atomic E-state index is 12.6. The zero-order chi connectivity index (χ0) is 18.3. The molecule has 2 saturated heterocycles. The number of rotatable bonds is 4. The fraction of sp³-hybridized carbons (Fsp3) is 0.632. The Labute approximate surface area is 154 Å². The molecule has 4 unspecified atom stereocenters. The first-order chi connectivity index (χ1) is 12.5. The molecule has 26 heavy (non-hydrogen) atoms. The predicted molar refractivity (Wildman–Crippen MR) is 98.6 cm³/mol. The normalized spacial score (nSPS) is 34.2. The van der Waals surface area contributed by atoms with Crippen LogP contribution in [0.2, 0.25) is 0 Å². The average molecular weight is 359 g/mol. The van der Waals surface area contributed by atoms with Gasteiger partial charge in [-0.05, 0) is 49.3 Å². The number of benzene rings is 1. The number of aryl methyl sites for hydroxylation is 1. The lowest BCUT2D eigenvalue weighted by Gasteiger charge is -2.19. The van der Waals surface area contributed by atoms with Crippen LogP contribution in [0.15, 0.2) is 18.2 Å². The monoisotopic (exact) mass is 359 g/mol. The topological polar surface area (TPSA) is 77.7 Å². The molecule has 2 heterocycles. The summed E-state index contributed by atoms with van der Waals surface area (Å²) in [6, 6.07) is 6.87. The van der Waals surface area contributed by atoms with Gasteiger partial charge in [0.2, 0.25) is 5.91 Å². The number of hydrogen-bond acceptors (Lipinski definition) is 6. The van der Waals surface area contributed by atoms with Gasteiger partial charge in [-0.25, -0.2) is 10.4 Å². The highest BCUT2D eigenvalue weighted by Gasteiger charge is 2.34. The molecule has 3 aliphatic rings. The van der Waals surface area contributed by atoms with Crippen LogP contribution in [0, 0.1) is 0 Å². The third kappa shape index (κ3) is 3.37. The Morgan fingerprint density at radius 1 is 1.42 bits per heavy atom. The molecule has 1 aromatic rings. The molecule has 142 valence electrons. The van der Waals surface area contributed by atoms with Crippen LogP contribution in [0.4, 0.5) is 0 Å². The molecule has 5 atom stereocenters. The lowest BCUT2D eigenvalue weighted by atomic mass is 10.0. The second kappa shape index (κ2) is 7.25. The van der Waals surface area contributed by atoms with E-state index in [1.54, 1.807) is 0 Å². The fourth-order valence-electron chi connectivity index (χ4n) is 4.10. The van der Waals surface area contributed by atoms with Gasteiger partial charge in [-0.2, -0.15) is 5.48 Å². The fourth-order valence-corrected chi connectivity index (χ4v) is 4.10. The molecule has 1 aromatic carbocycles. The average Bonchev–Trinajstić information content (AvgIpc) is 3.34. The summed E-state index contributed by atoms with van der Waals surface area (Å²) in [5.41, 5.74) is 10.1. The van der Waals surface area contributed by atoms with Crippen LogP contribution in [0.25, 0.3) is 0 Å². The zero-order valence-electron chi connectivity index (χ0n) is 15.7. The number of hydrogen-bond donors (Lipinski definition) is 4. The number of fused-ring (bicyclic) bond motifs is 1. The van der Waals surface area contributed by atoms with Gasteiger partial charge in [0.05, 0.1) is 6.04 Å². The largest absolute Gasteiger partial charge is 0.348 e. The summed E-state index contributed by atoms with van der Waals surface area (Å²) in [4.78, 5) is 18.1. The van der Waals surface area contributed by atoms with Crippen LogP contribution >= 0.6 is 0 Å². The Hall–Kier alpha value is -1.51. The van der Waals surface area contributed by atoms with E-state index in [0.29, 0.717) is 6.04 Å². The second-order valence-electron chi connectivity index (χ2n) is 7.67. The van der Waals surface area contributed by atoms with Crippen LogP contribution in [0.5, 0.6) is 0 Å². The van der Waals surface area contributed by atoms with Crippen molar-refractivity contribution in [1.82, 2.24) is 26.5 Å². The Morgan fingerprint density at radius 2 is 2.27 bits per heavy atom. The van der Waals surface area contributed by atoms with E-state index in [9.17, 15) is 4.79 Å². The van der Waals surface area contributed by atoms with E-state index in [4.69, 9.17) is 4.84 Å². The molecule has 1 amide bonds. The van der Waals surface area contributed by atoms with E-state index in [2.05, 4.69) is 53.6 Å². The minimum atomic E-state index is -0.131. The van der Waals surface area contributed by atoms with E-state index in [0.717, 1.165) is 25.7 Å². The van der Waals surface area contributed by atoms with Crippen molar-refractivity contribution in [3.05, 3.63) is 34.9 Å². The molecule has 0 saturated carbocycles.